The van der Waals surface area contributed by atoms with Crippen LogP contribution in [-0.2, 0) is 27.1 Å². The first-order valence-electron chi connectivity index (χ1n) is 24.6. The van der Waals surface area contributed by atoms with E-state index in [2.05, 4.69) is 207 Å². The summed E-state index contributed by atoms with van der Waals surface area (Å²) in [5.41, 5.74) is 25.8. The number of hydrogen-bond acceptors (Lipinski definition) is 3. The number of hydrogen-bond donors (Lipinski definition) is 0. The monoisotopic (exact) mass is 860 g/mol. The molecule has 0 unspecified atom stereocenters. The Bertz CT molecular complexity index is 3430. The van der Waals surface area contributed by atoms with Gasteiger partial charge in [0.05, 0.1) is 16.8 Å². The van der Waals surface area contributed by atoms with Crippen LogP contribution in [0.1, 0.15) is 134 Å². The fourth-order valence-electron chi connectivity index (χ4n) is 13.3. The molecule has 6 aliphatic rings. The summed E-state index contributed by atoms with van der Waals surface area (Å²) in [7, 11) is 0. The highest BCUT2D eigenvalue weighted by atomic mass is 16.3. The highest BCUT2D eigenvalue weighted by molar-refractivity contribution is 7.00. The zero-order valence-electron chi connectivity index (χ0n) is 40.8. The van der Waals surface area contributed by atoms with Gasteiger partial charge in [0.15, 0.2) is 0 Å². The minimum absolute atomic E-state index is 0.00853. The molecule has 5 heterocycles. The molecule has 4 bridgehead atoms. The summed E-state index contributed by atoms with van der Waals surface area (Å²) in [6, 6.07) is 47.8. The van der Waals surface area contributed by atoms with Crippen molar-refractivity contribution in [3.63, 3.8) is 0 Å². The molecule has 1 aromatic heterocycles. The van der Waals surface area contributed by atoms with E-state index >= 15 is 0 Å². The molecule has 3 nitrogen and oxygen atoms in total. The summed E-state index contributed by atoms with van der Waals surface area (Å²) in [5.74, 6) is 0. The molecule has 0 N–H and O–H groups in total. The lowest BCUT2D eigenvalue weighted by Gasteiger charge is -2.48. The van der Waals surface area contributed by atoms with Gasteiger partial charge in [-0.2, -0.15) is 0 Å². The van der Waals surface area contributed by atoms with Crippen molar-refractivity contribution in [1.29, 1.82) is 0 Å². The average molecular weight is 861 g/mol. The van der Waals surface area contributed by atoms with Gasteiger partial charge in [0.2, 0.25) is 0 Å². The Morgan fingerprint density at radius 2 is 1.09 bits per heavy atom. The van der Waals surface area contributed by atoms with Crippen molar-refractivity contribution in [2.24, 2.45) is 0 Å². The molecule has 0 fully saturated rings. The smallest absolute Gasteiger partial charge is 0.252 e. The molecule has 0 amide bonds. The molecule has 0 atom stereocenters. The predicted molar refractivity (Wildman–Crippen MR) is 281 cm³/mol. The molecule has 0 saturated carbocycles. The SMILES string of the molecule is Cc1cc2c3c(c1)N1c4ccc(cc4-c4ccccc4)C(C)(C)c4ccc5oc6ccc(c1c6c5c4)B3c1cc3c(cc1N2c1ccc2c(c1)C(C)(C)CCC2(C)C)C(C)(C)CCC3(C)C. The summed E-state index contributed by atoms with van der Waals surface area (Å²) in [6.07, 6.45) is 4.71. The van der Waals surface area contributed by atoms with E-state index in [0.717, 1.165) is 11.2 Å². The average Bonchev–Trinajstić information content (AvgIpc) is 3.67. The first-order valence-corrected chi connectivity index (χ1v) is 24.6. The van der Waals surface area contributed by atoms with Crippen LogP contribution in [0.25, 0.3) is 33.1 Å². The second-order valence-corrected chi connectivity index (χ2v) is 24.0. The number of rotatable bonds is 2. The number of furan rings is 1. The second-order valence-electron chi connectivity index (χ2n) is 24.0. The van der Waals surface area contributed by atoms with Crippen LogP contribution in [0.5, 0.6) is 0 Å². The van der Waals surface area contributed by atoms with Crippen LogP contribution in [0, 0.1) is 6.92 Å². The second kappa shape index (κ2) is 12.9. The Kier molecular flexibility index (Phi) is 7.88. The number of fused-ring (bicyclic) bond motifs is 7. The maximum atomic E-state index is 6.90. The van der Waals surface area contributed by atoms with Gasteiger partial charge < -0.3 is 14.2 Å². The number of nitrogens with zero attached hydrogens (tertiary/aromatic N) is 2. The van der Waals surface area contributed by atoms with Crippen molar-refractivity contribution >= 4 is 79.2 Å². The zero-order valence-corrected chi connectivity index (χ0v) is 40.8. The van der Waals surface area contributed by atoms with E-state index in [1.165, 1.54) is 137 Å². The van der Waals surface area contributed by atoms with Crippen molar-refractivity contribution in [1.82, 2.24) is 0 Å². The van der Waals surface area contributed by atoms with Crippen molar-refractivity contribution in [3.05, 3.63) is 160 Å². The molecule has 0 spiro atoms. The first-order chi connectivity index (χ1) is 31.3. The van der Waals surface area contributed by atoms with Crippen LogP contribution in [0.4, 0.5) is 34.1 Å². The molecule has 7 aromatic carbocycles. The molecular weight excluding hydrogens is 800 g/mol. The van der Waals surface area contributed by atoms with Crippen LogP contribution in [0.2, 0.25) is 0 Å². The van der Waals surface area contributed by atoms with Crippen LogP contribution in [0.15, 0.2) is 126 Å². The molecule has 2 aliphatic carbocycles. The highest BCUT2D eigenvalue weighted by Gasteiger charge is 2.48. The third-order valence-corrected chi connectivity index (χ3v) is 17.6. The third kappa shape index (κ3) is 5.33. The quantitative estimate of drug-likeness (QED) is 0.161. The van der Waals surface area contributed by atoms with Crippen molar-refractivity contribution in [2.45, 2.75) is 129 Å². The lowest BCUT2D eigenvalue weighted by molar-refractivity contribution is 0.332. The van der Waals surface area contributed by atoms with Gasteiger partial charge in [-0.15, -0.1) is 0 Å². The Morgan fingerprint density at radius 1 is 0.485 bits per heavy atom. The largest absolute Gasteiger partial charge is 0.456 e. The van der Waals surface area contributed by atoms with Gasteiger partial charge in [0.25, 0.3) is 6.71 Å². The fourth-order valence-corrected chi connectivity index (χ4v) is 13.3. The molecule has 66 heavy (non-hydrogen) atoms. The molecule has 4 aliphatic heterocycles. The Balaban J connectivity index is 1.20. The topological polar surface area (TPSA) is 19.6 Å². The van der Waals surface area contributed by atoms with E-state index in [1.807, 2.05) is 0 Å². The van der Waals surface area contributed by atoms with Gasteiger partial charge in [-0.1, -0.05) is 130 Å². The Morgan fingerprint density at radius 3 is 1.80 bits per heavy atom. The van der Waals surface area contributed by atoms with Crippen LogP contribution >= 0.6 is 0 Å². The van der Waals surface area contributed by atoms with Gasteiger partial charge >= 0.3 is 0 Å². The Hall–Kier alpha value is -6.00. The number of anilines is 6. The van der Waals surface area contributed by atoms with E-state index in [-0.39, 0.29) is 33.8 Å². The van der Waals surface area contributed by atoms with E-state index in [4.69, 9.17) is 4.42 Å². The Labute approximate surface area is 391 Å². The molecule has 328 valence electrons. The highest BCUT2D eigenvalue weighted by Crippen LogP contribution is 2.55. The van der Waals surface area contributed by atoms with Gasteiger partial charge in [0, 0.05) is 39.1 Å². The molecule has 4 heteroatoms. The summed E-state index contributed by atoms with van der Waals surface area (Å²) < 4.78 is 6.90. The van der Waals surface area contributed by atoms with E-state index in [9.17, 15) is 0 Å². The minimum atomic E-state index is -0.252. The van der Waals surface area contributed by atoms with Crippen LogP contribution in [-0.4, -0.2) is 6.71 Å². The van der Waals surface area contributed by atoms with E-state index < -0.39 is 0 Å². The van der Waals surface area contributed by atoms with Gasteiger partial charge in [-0.3, -0.25) is 0 Å². The zero-order chi connectivity index (χ0) is 45.6. The summed E-state index contributed by atoms with van der Waals surface area (Å²) in [5, 5.41) is 2.38. The lowest BCUT2D eigenvalue weighted by atomic mass is 9.33. The normalized spacial score (nSPS) is 19.4. The molecular formula is C62H61BN2O. The minimum Gasteiger partial charge on any atom is -0.456 e. The standard InChI is InChI=1S/C62H61BN2O/c1-36-29-51-56-52(30-36)65-49-22-17-38(31-41(49)37-15-13-12-14-16-37)62(10,11)39-18-23-53-42(32-39)55-54(66-53)24-21-47(57(55)65)63(56)48-34-45-46(61(8,9)28-27-60(45,6)7)35-50(48)64(51)40-19-20-43-44(33-40)59(4,5)26-25-58(43,2)3/h12-24,29-35H,25-28H2,1-11H3. The molecule has 0 saturated heterocycles. The summed E-state index contributed by atoms with van der Waals surface area (Å²) in [4.78, 5) is 5.34. The van der Waals surface area contributed by atoms with Crippen LogP contribution in [0.3, 0.4) is 0 Å². The molecule has 14 rings (SSSR count). The number of aryl methyl sites for hydroxylation is 1. The molecule has 0 radical (unpaired) electrons. The lowest BCUT2D eigenvalue weighted by Crippen LogP contribution is -2.62. The van der Waals surface area contributed by atoms with Gasteiger partial charge in [-0.05, 0) is 176 Å². The third-order valence-electron chi connectivity index (χ3n) is 17.6. The van der Waals surface area contributed by atoms with Crippen molar-refractivity contribution < 1.29 is 4.42 Å². The van der Waals surface area contributed by atoms with Gasteiger partial charge in [0.1, 0.15) is 11.2 Å². The maximum absolute atomic E-state index is 6.90. The summed E-state index contributed by atoms with van der Waals surface area (Å²) >= 11 is 0. The summed E-state index contributed by atoms with van der Waals surface area (Å²) in [6.45, 7) is 26.8. The van der Waals surface area contributed by atoms with E-state index in [1.54, 1.807) is 0 Å². The maximum Gasteiger partial charge on any atom is 0.252 e. The fraction of sp³-hybridized carbons (Fsp3) is 0.323. The van der Waals surface area contributed by atoms with Crippen molar-refractivity contribution in [3.8, 4) is 11.1 Å². The van der Waals surface area contributed by atoms with E-state index in [0.29, 0.717) is 0 Å². The first kappa shape index (κ1) is 40.3. The van der Waals surface area contributed by atoms with Crippen molar-refractivity contribution in [2.75, 3.05) is 9.80 Å². The molecule has 8 aromatic rings. The van der Waals surface area contributed by atoms with Gasteiger partial charge in [-0.25, -0.2) is 0 Å². The van der Waals surface area contributed by atoms with Crippen LogP contribution < -0.4 is 26.2 Å². The number of benzene rings is 7. The predicted octanol–water partition coefficient (Wildman–Crippen LogP) is 15.0.